The molecular formula is C8H5BrN2O. The van der Waals surface area contributed by atoms with Crippen LogP contribution in [0.4, 0.5) is 0 Å². The Morgan fingerprint density at radius 2 is 2.33 bits per heavy atom. The molecule has 0 unspecified atom stereocenters. The molecule has 0 atom stereocenters. The summed E-state index contributed by atoms with van der Waals surface area (Å²) in [7, 11) is 0. The van der Waals surface area contributed by atoms with Crippen LogP contribution in [0.5, 0.6) is 0 Å². The van der Waals surface area contributed by atoms with Crippen molar-refractivity contribution in [3.8, 4) is 0 Å². The standard InChI is InChI=1S/C8H5BrN2O/c9-7-2-1-6(4-12)11-5-10-3-8(7)11/h1-5H. The molecule has 2 aromatic rings. The first-order chi connectivity index (χ1) is 5.83. The van der Waals surface area contributed by atoms with Gasteiger partial charge in [-0.2, -0.15) is 0 Å². The molecule has 0 aliphatic heterocycles. The number of aldehydes is 1. The first kappa shape index (κ1) is 7.49. The van der Waals surface area contributed by atoms with E-state index in [1.807, 2.05) is 6.07 Å². The van der Waals surface area contributed by atoms with Crippen LogP contribution in [0.25, 0.3) is 5.52 Å². The second-order valence-electron chi connectivity index (χ2n) is 2.37. The molecule has 0 aliphatic rings. The van der Waals surface area contributed by atoms with Crippen LogP contribution in [0.2, 0.25) is 0 Å². The molecule has 0 saturated heterocycles. The summed E-state index contributed by atoms with van der Waals surface area (Å²) in [4.78, 5) is 14.5. The van der Waals surface area contributed by atoms with Gasteiger partial charge < -0.3 is 0 Å². The van der Waals surface area contributed by atoms with Crippen LogP contribution in [-0.4, -0.2) is 15.7 Å². The quantitative estimate of drug-likeness (QED) is 0.694. The van der Waals surface area contributed by atoms with Gasteiger partial charge in [0.25, 0.3) is 0 Å². The molecule has 0 aromatic carbocycles. The van der Waals surface area contributed by atoms with E-state index in [9.17, 15) is 4.79 Å². The monoisotopic (exact) mass is 224 g/mol. The number of hydrogen-bond donors (Lipinski definition) is 0. The zero-order chi connectivity index (χ0) is 8.55. The summed E-state index contributed by atoms with van der Waals surface area (Å²) < 4.78 is 2.67. The maximum absolute atomic E-state index is 10.6. The van der Waals surface area contributed by atoms with Gasteiger partial charge in [-0.05, 0) is 28.1 Å². The first-order valence-corrected chi connectivity index (χ1v) is 4.18. The molecule has 2 heterocycles. The van der Waals surface area contributed by atoms with Crippen LogP contribution in [-0.2, 0) is 0 Å². The van der Waals surface area contributed by atoms with Crippen molar-refractivity contribution in [3.63, 3.8) is 0 Å². The Bertz CT molecular complexity index is 436. The normalized spacial score (nSPS) is 10.4. The minimum atomic E-state index is 0.603. The number of carbonyl (C=O) groups is 1. The van der Waals surface area contributed by atoms with Gasteiger partial charge >= 0.3 is 0 Å². The fourth-order valence-electron chi connectivity index (χ4n) is 1.10. The van der Waals surface area contributed by atoms with Crippen LogP contribution in [0.1, 0.15) is 10.5 Å². The summed E-state index contributed by atoms with van der Waals surface area (Å²) in [6, 6.07) is 3.58. The summed E-state index contributed by atoms with van der Waals surface area (Å²) in [6.45, 7) is 0. The Hall–Kier alpha value is -1.16. The molecule has 60 valence electrons. The number of hydrogen-bond acceptors (Lipinski definition) is 2. The van der Waals surface area contributed by atoms with Gasteiger partial charge in [-0.15, -0.1) is 0 Å². The summed E-state index contributed by atoms with van der Waals surface area (Å²) >= 11 is 3.36. The van der Waals surface area contributed by atoms with Gasteiger partial charge in [0.1, 0.15) is 0 Å². The number of aromatic nitrogens is 2. The second kappa shape index (κ2) is 2.71. The summed E-state index contributed by atoms with van der Waals surface area (Å²) in [5, 5.41) is 0. The Balaban J connectivity index is 2.91. The topological polar surface area (TPSA) is 34.4 Å². The second-order valence-corrected chi connectivity index (χ2v) is 3.23. The lowest BCUT2D eigenvalue weighted by atomic mass is 10.3. The lowest BCUT2D eigenvalue weighted by molar-refractivity contribution is 0.111. The predicted octanol–water partition coefficient (Wildman–Crippen LogP) is 1.91. The van der Waals surface area contributed by atoms with Crippen molar-refractivity contribution in [1.29, 1.82) is 0 Å². The Morgan fingerprint density at radius 1 is 1.50 bits per heavy atom. The van der Waals surface area contributed by atoms with E-state index in [0.717, 1.165) is 16.3 Å². The maximum Gasteiger partial charge on any atom is 0.166 e. The summed E-state index contributed by atoms with van der Waals surface area (Å²) in [5.74, 6) is 0. The molecular weight excluding hydrogens is 220 g/mol. The van der Waals surface area contributed by atoms with Gasteiger partial charge in [-0.1, -0.05) is 0 Å². The smallest absolute Gasteiger partial charge is 0.166 e. The van der Waals surface area contributed by atoms with Crippen molar-refractivity contribution in [2.75, 3.05) is 0 Å². The molecule has 3 nitrogen and oxygen atoms in total. The minimum Gasteiger partial charge on any atom is -0.296 e. The van der Waals surface area contributed by atoms with E-state index in [2.05, 4.69) is 20.9 Å². The third kappa shape index (κ3) is 0.956. The maximum atomic E-state index is 10.6. The predicted molar refractivity (Wildman–Crippen MR) is 48.3 cm³/mol. The number of nitrogens with zero attached hydrogens (tertiary/aromatic N) is 2. The third-order valence-electron chi connectivity index (χ3n) is 1.68. The van der Waals surface area contributed by atoms with E-state index in [1.54, 1.807) is 23.0 Å². The van der Waals surface area contributed by atoms with E-state index < -0.39 is 0 Å². The largest absolute Gasteiger partial charge is 0.296 e. The molecule has 2 aromatic heterocycles. The Kier molecular flexibility index (Phi) is 1.69. The lowest BCUT2D eigenvalue weighted by Gasteiger charge is -1.98. The highest BCUT2D eigenvalue weighted by atomic mass is 79.9. The number of rotatable bonds is 1. The SMILES string of the molecule is O=Cc1ccc(Br)c2cncn12. The van der Waals surface area contributed by atoms with Crippen molar-refractivity contribution < 1.29 is 4.79 Å². The summed E-state index contributed by atoms with van der Waals surface area (Å²) in [5.41, 5.74) is 1.50. The van der Waals surface area contributed by atoms with Crippen LogP contribution in [0.3, 0.4) is 0 Å². The molecule has 0 aliphatic carbocycles. The fourth-order valence-corrected chi connectivity index (χ4v) is 1.52. The molecule has 0 bridgehead atoms. The van der Waals surface area contributed by atoms with Crippen LogP contribution in [0.15, 0.2) is 29.1 Å². The van der Waals surface area contributed by atoms with Gasteiger partial charge in [0.2, 0.25) is 0 Å². The molecule has 0 N–H and O–H groups in total. The molecule has 2 rings (SSSR count). The number of carbonyl (C=O) groups excluding carboxylic acids is 1. The van der Waals surface area contributed by atoms with Crippen molar-refractivity contribution in [2.24, 2.45) is 0 Å². The summed E-state index contributed by atoms with van der Waals surface area (Å²) in [6.07, 6.45) is 4.13. The van der Waals surface area contributed by atoms with Crippen molar-refractivity contribution >= 4 is 27.7 Å². The average molecular weight is 225 g/mol. The number of halogens is 1. The lowest BCUT2D eigenvalue weighted by Crippen LogP contribution is -1.92. The number of pyridine rings is 1. The van der Waals surface area contributed by atoms with E-state index in [1.165, 1.54) is 0 Å². The fraction of sp³-hybridized carbons (Fsp3) is 0. The molecule has 12 heavy (non-hydrogen) atoms. The highest BCUT2D eigenvalue weighted by Crippen LogP contribution is 2.18. The van der Waals surface area contributed by atoms with Crippen LogP contribution < -0.4 is 0 Å². The molecule has 4 heteroatoms. The van der Waals surface area contributed by atoms with Crippen molar-refractivity contribution in [3.05, 3.63) is 34.8 Å². The van der Waals surface area contributed by atoms with Crippen molar-refractivity contribution in [2.45, 2.75) is 0 Å². The van der Waals surface area contributed by atoms with Gasteiger partial charge in [-0.3, -0.25) is 9.20 Å². The zero-order valence-corrected chi connectivity index (χ0v) is 7.65. The minimum absolute atomic E-state index is 0.603. The van der Waals surface area contributed by atoms with Gasteiger partial charge in [0.05, 0.1) is 23.7 Å². The molecule has 0 saturated carbocycles. The number of fused-ring (bicyclic) bond motifs is 1. The molecule has 0 radical (unpaired) electrons. The van der Waals surface area contributed by atoms with Crippen molar-refractivity contribution in [1.82, 2.24) is 9.38 Å². The van der Waals surface area contributed by atoms with Crippen LogP contribution in [0, 0.1) is 0 Å². The van der Waals surface area contributed by atoms with E-state index in [4.69, 9.17) is 0 Å². The highest BCUT2D eigenvalue weighted by molar-refractivity contribution is 9.10. The number of imidazole rings is 1. The molecule has 0 amide bonds. The molecule has 0 spiro atoms. The van der Waals surface area contributed by atoms with E-state index in [-0.39, 0.29) is 0 Å². The highest BCUT2D eigenvalue weighted by Gasteiger charge is 2.01. The van der Waals surface area contributed by atoms with E-state index >= 15 is 0 Å². The zero-order valence-electron chi connectivity index (χ0n) is 6.07. The average Bonchev–Trinajstić information content (AvgIpc) is 2.54. The molecule has 0 fully saturated rings. The van der Waals surface area contributed by atoms with E-state index in [0.29, 0.717) is 5.69 Å². The Labute approximate surface area is 77.2 Å². The van der Waals surface area contributed by atoms with Gasteiger partial charge in [0.15, 0.2) is 6.29 Å². The third-order valence-corrected chi connectivity index (χ3v) is 2.35. The Morgan fingerprint density at radius 3 is 3.08 bits per heavy atom. The van der Waals surface area contributed by atoms with Gasteiger partial charge in [-0.25, -0.2) is 4.98 Å². The van der Waals surface area contributed by atoms with Gasteiger partial charge in [0, 0.05) is 4.47 Å². The van der Waals surface area contributed by atoms with Crippen LogP contribution >= 0.6 is 15.9 Å². The first-order valence-electron chi connectivity index (χ1n) is 3.38.